The Hall–Kier alpha value is -1.55. The minimum atomic E-state index is 0.108. The van der Waals surface area contributed by atoms with E-state index in [1.165, 1.54) is 57.1 Å². The number of benzene rings is 1. The second kappa shape index (κ2) is 9.07. The summed E-state index contributed by atoms with van der Waals surface area (Å²) in [5, 5.41) is 5.20. The summed E-state index contributed by atoms with van der Waals surface area (Å²) in [6, 6.07) is 8.32. The van der Waals surface area contributed by atoms with Crippen molar-refractivity contribution in [3.63, 3.8) is 0 Å². The molecule has 2 aliphatic rings. The number of carbonyl (C=O) groups excluding carboxylic acids is 1. The Bertz CT molecular complexity index is 502. The normalized spacial score (nSPS) is 19.2. The Balaban J connectivity index is 1.39. The molecular weight excluding hydrogens is 298 g/mol. The van der Waals surface area contributed by atoms with Crippen LogP contribution in [0.2, 0.25) is 0 Å². The van der Waals surface area contributed by atoms with E-state index in [2.05, 4.69) is 27.7 Å². The van der Waals surface area contributed by atoms with Gasteiger partial charge in [0, 0.05) is 30.4 Å². The van der Waals surface area contributed by atoms with Crippen LogP contribution < -0.4 is 15.5 Å². The number of nitrogens with zero attached hydrogens (tertiary/aromatic N) is 1. The molecule has 1 aliphatic carbocycles. The molecule has 0 bridgehead atoms. The fourth-order valence-corrected chi connectivity index (χ4v) is 3.99. The summed E-state index contributed by atoms with van der Waals surface area (Å²) < 4.78 is 0. The molecule has 4 nitrogen and oxygen atoms in total. The molecule has 3 N–H and O–H groups in total. The topological polar surface area (TPSA) is 49.0 Å². The summed E-state index contributed by atoms with van der Waals surface area (Å²) in [5.41, 5.74) is 2.18. The van der Waals surface area contributed by atoms with Crippen molar-refractivity contribution in [1.29, 1.82) is 0 Å². The highest BCUT2D eigenvalue weighted by Crippen LogP contribution is 2.22. The second-order valence-electron chi connectivity index (χ2n) is 7.38. The number of anilines is 2. The van der Waals surface area contributed by atoms with Crippen molar-refractivity contribution in [3.8, 4) is 0 Å². The van der Waals surface area contributed by atoms with Crippen LogP contribution in [0.3, 0.4) is 0 Å². The summed E-state index contributed by atoms with van der Waals surface area (Å²) in [7, 11) is 0. The molecule has 2 fully saturated rings. The van der Waals surface area contributed by atoms with E-state index >= 15 is 0 Å². The van der Waals surface area contributed by atoms with Gasteiger partial charge in [-0.25, -0.2) is 0 Å². The average molecular weight is 330 g/mol. The molecule has 1 aromatic carbocycles. The largest absolute Gasteiger partial charge is 0.372 e. The fourth-order valence-electron chi connectivity index (χ4n) is 3.99. The Kier molecular flexibility index (Phi) is 6.53. The first-order chi connectivity index (χ1) is 11.8. The van der Waals surface area contributed by atoms with Gasteiger partial charge in [-0.15, -0.1) is 0 Å². The Morgan fingerprint density at radius 3 is 2.38 bits per heavy atom. The van der Waals surface area contributed by atoms with Gasteiger partial charge in [0.05, 0.1) is 6.54 Å². The third-order valence-electron chi connectivity index (χ3n) is 5.43. The van der Waals surface area contributed by atoms with Crippen LogP contribution in [0.15, 0.2) is 24.3 Å². The number of carbonyl (C=O) groups is 1. The highest BCUT2D eigenvalue weighted by atomic mass is 16.1. The van der Waals surface area contributed by atoms with Gasteiger partial charge >= 0.3 is 0 Å². The maximum absolute atomic E-state index is 12.1. The van der Waals surface area contributed by atoms with Crippen molar-refractivity contribution in [1.82, 2.24) is 0 Å². The van der Waals surface area contributed by atoms with Crippen LogP contribution in [0.4, 0.5) is 11.4 Å². The van der Waals surface area contributed by atoms with Gasteiger partial charge in [0.15, 0.2) is 6.54 Å². The van der Waals surface area contributed by atoms with E-state index < -0.39 is 0 Å². The van der Waals surface area contributed by atoms with Crippen molar-refractivity contribution in [2.75, 3.05) is 36.4 Å². The van der Waals surface area contributed by atoms with Gasteiger partial charge in [0.25, 0.3) is 5.91 Å². The van der Waals surface area contributed by atoms with Gasteiger partial charge in [-0.3, -0.25) is 4.79 Å². The van der Waals surface area contributed by atoms with E-state index in [0.717, 1.165) is 31.2 Å². The standard InChI is InChI=1S/C20H31N3O/c24-20(16-21-15-17-7-3-1-4-8-17)22-18-9-11-19(12-10-18)23-13-5-2-6-14-23/h9-12,17,21H,1-8,13-16H2,(H,22,24)/p+1. The third kappa shape index (κ3) is 5.23. The Morgan fingerprint density at radius 1 is 1.00 bits per heavy atom. The zero-order valence-electron chi connectivity index (χ0n) is 14.8. The predicted octanol–water partition coefficient (Wildman–Crippen LogP) is 2.76. The molecule has 4 heteroatoms. The van der Waals surface area contributed by atoms with Gasteiger partial charge in [0.2, 0.25) is 0 Å². The lowest BCUT2D eigenvalue weighted by atomic mass is 9.89. The molecular formula is C20H32N3O+. The fraction of sp³-hybridized carbons (Fsp3) is 0.650. The number of hydrogen-bond donors (Lipinski definition) is 2. The van der Waals surface area contributed by atoms with E-state index in [0.29, 0.717) is 6.54 Å². The van der Waals surface area contributed by atoms with Crippen molar-refractivity contribution in [2.45, 2.75) is 51.4 Å². The van der Waals surface area contributed by atoms with Crippen LogP contribution in [0.5, 0.6) is 0 Å². The van der Waals surface area contributed by atoms with Gasteiger partial charge in [-0.1, -0.05) is 19.3 Å². The highest BCUT2D eigenvalue weighted by molar-refractivity contribution is 5.91. The van der Waals surface area contributed by atoms with Crippen LogP contribution in [0.25, 0.3) is 0 Å². The van der Waals surface area contributed by atoms with Crippen molar-refractivity contribution in [2.24, 2.45) is 5.92 Å². The first-order valence-corrected chi connectivity index (χ1v) is 9.78. The van der Waals surface area contributed by atoms with Gasteiger partial charge in [0.1, 0.15) is 0 Å². The summed E-state index contributed by atoms with van der Waals surface area (Å²) in [6.45, 7) is 3.94. The zero-order chi connectivity index (χ0) is 16.6. The number of piperidine rings is 1. The second-order valence-corrected chi connectivity index (χ2v) is 7.38. The number of nitrogens with one attached hydrogen (secondary N) is 1. The van der Waals surface area contributed by atoms with Crippen LogP contribution >= 0.6 is 0 Å². The van der Waals surface area contributed by atoms with E-state index in [1.807, 2.05) is 12.1 Å². The van der Waals surface area contributed by atoms with Crippen molar-refractivity contribution in [3.05, 3.63) is 24.3 Å². The van der Waals surface area contributed by atoms with Crippen molar-refractivity contribution >= 4 is 17.3 Å². The average Bonchev–Trinajstić information content (AvgIpc) is 2.64. The van der Waals surface area contributed by atoms with E-state index in [4.69, 9.17) is 0 Å². The lowest BCUT2D eigenvalue weighted by Gasteiger charge is -2.28. The molecule has 1 saturated carbocycles. The number of rotatable bonds is 6. The van der Waals surface area contributed by atoms with Gasteiger partial charge < -0.3 is 15.5 Å². The molecule has 24 heavy (non-hydrogen) atoms. The van der Waals surface area contributed by atoms with Crippen LogP contribution in [0.1, 0.15) is 51.4 Å². The first-order valence-electron chi connectivity index (χ1n) is 9.78. The molecule has 0 atom stereocenters. The minimum Gasteiger partial charge on any atom is -0.372 e. The lowest BCUT2D eigenvalue weighted by Crippen LogP contribution is -2.87. The maximum atomic E-state index is 12.1. The quantitative estimate of drug-likeness (QED) is 0.842. The molecule has 0 spiro atoms. The molecule has 1 aromatic rings. The molecule has 1 aliphatic heterocycles. The van der Waals surface area contributed by atoms with Gasteiger partial charge in [-0.05, 0) is 56.4 Å². The van der Waals surface area contributed by atoms with E-state index in [9.17, 15) is 4.79 Å². The molecule has 1 amide bonds. The molecule has 1 heterocycles. The summed E-state index contributed by atoms with van der Waals surface area (Å²) in [6.07, 6.45) is 10.7. The highest BCUT2D eigenvalue weighted by Gasteiger charge is 2.16. The zero-order valence-corrected chi connectivity index (χ0v) is 14.8. The monoisotopic (exact) mass is 330 g/mol. The summed E-state index contributed by atoms with van der Waals surface area (Å²) in [4.78, 5) is 14.5. The van der Waals surface area contributed by atoms with Crippen LogP contribution in [-0.4, -0.2) is 32.1 Å². The predicted molar refractivity (Wildman–Crippen MR) is 99.4 cm³/mol. The molecule has 0 aromatic heterocycles. The number of quaternary nitrogens is 1. The lowest BCUT2D eigenvalue weighted by molar-refractivity contribution is -0.649. The van der Waals surface area contributed by atoms with E-state index in [-0.39, 0.29) is 5.91 Å². The molecule has 132 valence electrons. The molecule has 1 saturated heterocycles. The minimum absolute atomic E-state index is 0.108. The number of amides is 1. The smallest absolute Gasteiger partial charge is 0.279 e. The van der Waals surface area contributed by atoms with Crippen molar-refractivity contribution < 1.29 is 10.1 Å². The Labute approximate surface area is 146 Å². The Morgan fingerprint density at radius 2 is 1.67 bits per heavy atom. The SMILES string of the molecule is O=C(C[NH2+]CC1CCCCC1)Nc1ccc(N2CCCCC2)cc1. The molecule has 0 unspecified atom stereocenters. The number of hydrogen-bond acceptors (Lipinski definition) is 2. The van der Waals surface area contributed by atoms with E-state index in [1.54, 1.807) is 0 Å². The maximum Gasteiger partial charge on any atom is 0.279 e. The van der Waals surface area contributed by atoms with Crippen LogP contribution in [0, 0.1) is 5.92 Å². The van der Waals surface area contributed by atoms with Crippen LogP contribution in [-0.2, 0) is 4.79 Å². The molecule has 3 rings (SSSR count). The third-order valence-corrected chi connectivity index (χ3v) is 5.43. The first kappa shape index (κ1) is 17.3. The van der Waals surface area contributed by atoms with Gasteiger partial charge in [-0.2, -0.15) is 0 Å². The number of nitrogens with two attached hydrogens (primary N) is 1. The molecule has 0 radical (unpaired) electrons. The summed E-state index contributed by atoms with van der Waals surface area (Å²) in [5.74, 6) is 0.923. The summed E-state index contributed by atoms with van der Waals surface area (Å²) >= 11 is 0.